The fraction of sp³-hybridized carbons (Fsp3) is 0.462. The Kier molecular flexibility index (Phi) is 3.16. The van der Waals surface area contributed by atoms with E-state index in [2.05, 4.69) is 20.0 Å². The van der Waals surface area contributed by atoms with Crippen LogP contribution in [0.3, 0.4) is 0 Å². The smallest absolute Gasteiger partial charge is 0.225 e. The van der Waals surface area contributed by atoms with Crippen LogP contribution in [-0.4, -0.2) is 38.9 Å². The molecule has 0 spiro atoms. The number of nitrogens with zero attached hydrogens (tertiary/aromatic N) is 5. The Morgan fingerprint density at radius 3 is 3.05 bits per heavy atom. The molecule has 1 aliphatic rings. The van der Waals surface area contributed by atoms with E-state index in [1.807, 2.05) is 25.5 Å². The lowest BCUT2D eigenvalue weighted by molar-refractivity contribution is 0.500. The van der Waals surface area contributed by atoms with Crippen molar-refractivity contribution in [3.05, 3.63) is 24.7 Å². The van der Waals surface area contributed by atoms with E-state index in [4.69, 9.17) is 5.73 Å². The van der Waals surface area contributed by atoms with Crippen molar-refractivity contribution in [1.82, 2.24) is 19.7 Å². The predicted octanol–water partition coefficient (Wildman–Crippen LogP) is 0.805. The summed E-state index contributed by atoms with van der Waals surface area (Å²) in [6.07, 6.45) is 7.74. The van der Waals surface area contributed by atoms with Gasteiger partial charge in [0.2, 0.25) is 5.95 Å². The van der Waals surface area contributed by atoms with E-state index >= 15 is 0 Å². The normalized spacial score (nSPS) is 19.7. The Balaban J connectivity index is 1.87. The Labute approximate surface area is 112 Å². The molecule has 0 bridgehead atoms. The molecule has 0 aromatic carbocycles. The van der Waals surface area contributed by atoms with E-state index in [9.17, 15) is 0 Å². The van der Waals surface area contributed by atoms with Gasteiger partial charge in [-0.3, -0.25) is 4.68 Å². The standard InChI is InChI=1S/C13H18N6/c1-18-8-10(7-16-18)12-4-5-15-13(17-12)19-6-2-3-11(14)9-19/h4-5,7-8,11H,2-3,6,9,14H2,1H3. The molecule has 2 aromatic heterocycles. The second-order valence-electron chi connectivity index (χ2n) is 4.99. The Hall–Kier alpha value is -1.95. The first-order chi connectivity index (χ1) is 9.22. The molecule has 3 rings (SSSR count). The Morgan fingerprint density at radius 1 is 1.42 bits per heavy atom. The molecule has 0 saturated carbocycles. The largest absolute Gasteiger partial charge is 0.339 e. The van der Waals surface area contributed by atoms with Crippen molar-refractivity contribution in [2.24, 2.45) is 12.8 Å². The van der Waals surface area contributed by atoms with Crippen molar-refractivity contribution < 1.29 is 0 Å². The van der Waals surface area contributed by atoms with Gasteiger partial charge in [0.15, 0.2) is 0 Å². The lowest BCUT2D eigenvalue weighted by Crippen LogP contribution is -2.43. The van der Waals surface area contributed by atoms with E-state index in [0.717, 1.165) is 43.1 Å². The highest BCUT2D eigenvalue weighted by Crippen LogP contribution is 2.20. The first-order valence-corrected chi connectivity index (χ1v) is 6.55. The van der Waals surface area contributed by atoms with Crippen LogP contribution in [0.4, 0.5) is 5.95 Å². The minimum absolute atomic E-state index is 0.222. The second-order valence-corrected chi connectivity index (χ2v) is 4.99. The average molecular weight is 258 g/mol. The predicted molar refractivity (Wildman–Crippen MR) is 73.7 cm³/mol. The van der Waals surface area contributed by atoms with Crippen LogP contribution in [0, 0.1) is 0 Å². The van der Waals surface area contributed by atoms with Crippen molar-refractivity contribution in [2.75, 3.05) is 18.0 Å². The van der Waals surface area contributed by atoms with Crippen LogP contribution in [0.5, 0.6) is 0 Å². The lowest BCUT2D eigenvalue weighted by atomic mass is 10.1. The lowest BCUT2D eigenvalue weighted by Gasteiger charge is -2.30. The van der Waals surface area contributed by atoms with Crippen LogP contribution in [0.25, 0.3) is 11.3 Å². The molecule has 1 saturated heterocycles. The zero-order chi connectivity index (χ0) is 13.2. The highest BCUT2D eigenvalue weighted by atomic mass is 15.3. The van der Waals surface area contributed by atoms with Gasteiger partial charge >= 0.3 is 0 Å². The number of anilines is 1. The topological polar surface area (TPSA) is 72.9 Å². The molecular weight excluding hydrogens is 240 g/mol. The zero-order valence-electron chi connectivity index (χ0n) is 11.0. The molecule has 100 valence electrons. The van der Waals surface area contributed by atoms with Gasteiger partial charge in [0.1, 0.15) is 0 Å². The quantitative estimate of drug-likeness (QED) is 0.862. The van der Waals surface area contributed by atoms with E-state index in [1.54, 1.807) is 10.9 Å². The van der Waals surface area contributed by atoms with Crippen LogP contribution in [0.1, 0.15) is 12.8 Å². The Bertz CT molecular complexity index is 564. The van der Waals surface area contributed by atoms with Crippen molar-refractivity contribution in [3.63, 3.8) is 0 Å². The van der Waals surface area contributed by atoms with Crippen LogP contribution >= 0.6 is 0 Å². The summed E-state index contributed by atoms with van der Waals surface area (Å²) in [4.78, 5) is 11.1. The maximum absolute atomic E-state index is 6.00. The maximum Gasteiger partial charge on any atom is 0.225 e. The van der Waals surface area contributed by atoms with Gasteiger partial charge in [0, 0.05) is 44.1 Å². The number of aryl methyl sites for hydroxylation is 1. The SMILES string of the molecule is Cn1cc(-c2ccnc(N3CCCC(N)C3)n2)cn1. The summed E-state index contributed by atoms with van der Waals surface area (Å²) in [6.45, 7) is 1.81. The van der Waals surface area contributed by atoms with Gasteiger partial charge in [-0.15, -0.1) is 0 Å². The van der Waals surface area contributed by atoms with Gasteiger partial charge in [0.05, 0.1) is 11.9 Å². The number of hydrogen-bond acceptors (Lipinski definition) is 5. The third kappa shape index (κ3) is 2.58. The van der Waals surface area contributed by atoms with Crippen molar-refractivity contribution in [3.8, 4) is 11.3 Å². The zero-order valence-corrected chi connectivity index (χ0v) is 11.0. The Morgan fingerprint density at radius 2 is 2.32 bits per heavy atom. The summed E-state index contributed by atoms with van der Waals surface area (Å²) >= 11 is 0. The van der Waals surface area contributed by atoms with Crippen molar-refractivity contribution in [2.45, 2.75) is 18.9 Å². The second kappa shape index (κ2) is 4.97. The van der Waals surface area contributed by atoms with Crippen molar-refractivity contribution >= 4 is 5.95 Å². The summed E-state index contributed by atoms with van der Waals surface area (Å²) < 4.78 is 1.77. The van der Waals surface area contributed by atoms with Crippen LogP contribution in [-0.2, 0) is 7.05 Å². The van der Waals surface area contributed by atoms with Crippen LogP contribution in [0.2, 0.25) is 0 Å². The maximum atomic E-state index is 6.00. The molecule has 19 heavy (non-hydrogen) atoms. The number of hydrogen-bond donors (Lipinski definition) is 1. The molecule has 6 nitrogen and oxygen atoms in total. The molecule has 1 aliphatic heterocycles. The van der Waals surface area contributed by atoms with Crippen LogP contribution < -0.4 is 10.6 Å². The first kappa shape index (κ1) is 12.1. The highest BCUT2D eigenvalue weighted by molar-refractivity contribution is 5.58. The molecule has 2 aromatic rings. The van der Waals surface area contributed by atoms with Gasteiger partial charge in [-0.05, 0) is 18.9 Å². The molecule has 0 radical (unpaired) electrons. The summed E-state index contributed by atoms with van der Waals surface area (Å²) in [5.41, 5.74) is 7.91. The van der Waals surface area contributed by atoms with E-state index in [0.29, 0.717) is 0 Å². The summed E-state index contributed by atoms with van der Waals surface area (Å²) in [5.74, 6) is 0.761. The minimum atomic E-state index is 0.222. The van der Waals surface area contributed by atoms with E-state index in [-0.39, 0.29) is 6.04 Å². The van der Waals surface area contributed by atoms with Crippen LogP contribution in [0.15, 0.2) is 24.7 Å². The fourth-order valence-electron chi connectivity index (χ4n) is 2.41. The molecular formula is C13H18N6. The molecule has 3 heterocycles. The van der Waals surface area contributed by atoms with Gasteiger partial charge in [-0.1, -0.05) is 0 Å². The number of aromatic nitrogens is 4. The monoisotopic (exact) mass is 258 g/mol. The number of rotatable bonds is 2. The molecule has 1 atom stereocenters. The molecule has 1 fully saturated rings. The number of piperidine rings is 1. The molecule has 0 aliphatic carbocycles. The van der Waals surface area contributed by atoms with Gasteiger partial charge < -0.3 is 10.6 Å². The van der Waals surface area contributed by atoms with Gasteiger partial charge in [0.25, 0.3) is 0 Å². The van der Waals surface area contributed by atoms with Gasteiger partial charge in [-0.25, -0.2) is 9.97 Å². The minimum Gasteiger partial charge on any atom is -0.339 e. The molecule has 6 heteroatoms. The third-order valence-electron chi connectivity index (χ3n) is 3.38. The molecule has 1 unspecified atom stereocenters. The molecule has 2 N–H and O–H groups in total. The number of nitrogens with two attached hydrogens (primary N) is 1. The molecule has 0 amide bonds. The van der Waals surface area contributed by atoms with E-state index < -0.39 is 0 Å². The summed E-state index contributed by atoms with van der Waals surface area (Å²) in [6, 6.07) is 2.13. The summed E-state index contributed by atoms with van der Waals surface area (Å²) in [7, 11) is 1.90. The van der Waals surface area contributed by atoms with Gasteiger partial charge in [-0.2, -0.15) is 5.10 Å². The summed E-state index contributed by atoms with van der Waals surface area (Å²) in [5, 5.41) is 4.17. The first-order valence-electron chi connectivity index (χ1n) is 6.55. The fourth-order valence-corrected chi connectivity index (χ4v) is 2.41. The average Bonchev–Trinajstić information content (AvgIpc) is 2.86. The highest BCUT2D eigenvalue weighted by Gasteiger charge is 2.19. The van der Waals surface area contributed by atoms with E-state index in [1.165, 1.54) is 0 Å². The third-order valence-corrected chi connectivity index (χ3v) is 3.38. The van der Waals surface area contributed by atoms with Crippen molar-refractivity contribution in [1.29, 1.82) is 0 Å².